The third-order valence-corrected chi connectivity index (χ3v) is 2.45. The zero-order valence-electron chi connectivity index (χ0n) is 10.9. The number of ether oxygens (including phenoxy) is 2. The van der Waals surface area contributed by atoms with Crippen molar-refractivity contribution in [2.75, 3.05) is 13.2 Å². The van der Waals surface area contributed by atoms with Gasteiger partial charge in [0.25, 0.3) is 0 Å². The molecule has 5 nitrogen and oxygen atoms in total. The maximum atomic E-state index is 6.12. The van der Waals surface area contributed by atoms with Crippen LogP contribution in [0.15, 0.2) is 12.4 Å². The van der Waals surface area contributed by atoms with E-state index in [2.05, 4.69) is 12.0 Å². The average Bonchev–Trinajstić information content (AvgIpc) is 2.77. The lowest BCUT2D eigenvalue weighted by molar-refractivity contribution is -0.149. The number of hydrogen-bond acceptors (Lipinski definition) is 4. The number of nitrogens with two attached hydrogens (primary N) is 1. The van der Waals surface area contributed by atoms with E-state index in [0.717, 1.165) is 18.5 Å². The first kappa shape index (κ1) is 14.2. The van der Waals surface area contributed by atoms with Gasteiger partial charge in [0.1, 0.15) is 0 Å². The second-order valence-corrected chi connectivity index (χ2v) is 3.84. The van der Waals surface area contributed by atoms with Crippen LogP contribution in [0.1, 0.15) is 38.8 Å². The van der Waals surface area contributed by atoms with Crippen molar-refractivity contribution >= 4 is 0 Å². The number of aryl methyl sites for hydroxylation is 1. The minimum Gasteiger partial charge on any atom is -0.351 e. The smallest absolute Gasteiger partial charge is 0.176 e. The van der Waals surface area contributed by atoms with Gasteiger partial charge in [0, 0.05) is 31.5 Å². The van der Waals surface area contributed by atoms with Crippen molar-refractivity contribution in [2.24, 2.45) is 5.73 Å². The summed E-state index contributed by atoms with van der Waals surface area (Å²) in [7, 11) is 0. The molecule has 0 saturated heterocycles. The van der Waals surface area contributed by atoms with E-state index in [0.29, 0.717) is 13.2 Å². The van der Waals surface area contributed by atoms with Gasteiger partial charge in [0.05, 0.1) is 12.2 Å². The molecular formula is C12H23N3O2. The zero-order valence-corrected chi connectivity index (χ0v) is 10.9. The van der Waals surface area contributed by atoms with E-state index in [-0.39, 0.29) is 6.04 Å². The molecule has 1 atom stereocenters. The first-order valence-electron chi connectivity index (χ1n) is 6.24. The second kappa shape index (κ2) is 7.42. The van der Waals surface area contributed by atoms with Crippen LogP contribution in [0.25, 0.3) is 0 Å². The van der Waals surface area contributed by atoms with Gasteiger partial charge in [-0.1, -0.05) is 6.92 Å². The summed E-state index contributed by atoms with van der Waals surface area (Å²) < 4.78 is 12.9. The van der Waals surface area contributed by atoms with Gasteiger partial charge in [-0.25, -0.2) is 0 Å². The van der Waals surface area contributed by atoms with Crippen LogP contribution in [-0.2, 0) is 16.0 Å². The molecular weight excluding hydrogens is 218 g/mol. The molecule has 17 heavy (non-hydrogen) atoms. The van der Waals surface area contributed by atoms with Crippen LogP contribution in [0.4, 0.5) is 0 Å². The normalized spacial score (nSPS) is 13.2. The molecule has 0 aliphatic heterocycles. The molecule has 0 radical (unpaired) electrons. The standard InChI is InChI=1S/C12H23N3O2/c1-4-7-15-9-10(8-14-15)11(13)12(16-5-2)17-6-3/h8-9,11-12H,4-7,13H2,1-3H3. The summed E-state index contributed by atoms with van der Waals surface area (Å²) >= 11 is 0. The van der Waals surface area contributed by atoms with E-state index in [1.807, 2.05) is 24.7 Å². The summed E-state index contributed by atoms with van der Waals surface area (Å²) in [6, 6.07) is -0.291. The fourth-order valence-corrected chi connectivity index (χ4v) is 1.64. The van der Waals surface area contributed by atoms with Crippen molar-refractivity contribution in [1.29, 1.82) is 0 Å². The molecule has 1 rings (SSSR count). The van der Waals surface area contributed by atoms with Gasteiger partial charge >= 0.3 is 0 Å². The van der Waals surface area contributed by atoms with E-state index in [1.165, 1.54) is 0 Å². The SMILES string of the molecule is CCCn1cc(C(N)C(OCC)OCC)cn1. The molecule has 0 amide bonds. The molecule has 0 spiro atoms. The van der Waals surface area contributed by atoms with Crippen molar-refractivity contribution < 1.29 is 9.47 Å². The van der Waals surface area contributed by atoms with Crippen molar-refractivity contribution in [1.82, 2.24) is 9.78 Å². The highest BCUT2D eigenvalue weighted by Crippen LogP contribution is 2.17. The minimum atomic E-state index is -0.399. The second-order valence-electron chi connectivity index (χ2n) is 3.84. The van der Waals surface area contributed by atoms with Crippen molar-refractivity contribution in [3.63, 3.8) is 0 Å². The Balaban J connectivity index is 2.66. The molecule has 0 aliphatic carbocycles. The highest BCUT2D eigenvalue weighted by molar-refractivity contribution is 5.10. The fourth-order valence-electron chi connectivity index (χ4n) is 1.64. The molecule has 98 valence electrons. The van der Waals surface area contributed by atoms with Crippen molar-refractivity contribution in [2.45, 2.75) is 46.1 Å². The van der Waals surface area contributed by atoms with Gasteiger partial charge in [-0.3, -0.25) is 4.68 Å². The van der Waals surface area contributed by atoms with Gasteiger partial charge in [-0.2, -0.15) is 5.10 Å². The van der Waals surface area contributed by atoms with E-state index in [1.54, 1.807) is 6.20 Å². The predicted molar refractivity (Wildman–Crippen MR) is 66.5 cm³/mol. The first-order chi connectivity index (χ1) is 8.22. The van der Waals surface area contributed by atoms with Gasteiger partial charge in [-0.15, -0.1) is 0 Å². The Labute approximate surface area is 103 Å². The highest BCUT2D eigenvalue weighted by atomic mass is 16.7. The predicted octanol–water partition coefficient (Wildman–Crippen LogP) is 1.69. The Morgan fingerprint density at radius 1 is 1.29 bits per heavy atom. The summed E-state index contributed by atoms with van der Waals surface area (Å²) in [5, 5.41) is 4.26. The van der Waals surface area contributed by atoms with Crippen LogP contribution in [0, 0.1) is 0 Å². The molecule has 5 heteroatoms. The summed E-state index contributed by atoms with van der Waals surface area (Å²) in [6.45, 7) is 8.05. The van der Waals surface area contributed by atoms with E-state index in [9.17, 15) is 0 Å². The van der Waals surface area contributed by atoms with Gasteiger partial charge < -0.3 is 15.2 Å². The van der Waals surface area contributed by atoms with Crippen LogP contribution in [-0.4, -0.2) is 29.3 Å². The molecule has 0 aromatic carbocycles. The van der Waals surface area contributed by atoms with Crippen LogP contribution >= 0.6 is 0 Å². The van der Waals surface area contributed by atoms with Crippen LogP contribution < -0.4 is 5.73 Å². The third kappa shape index (κ3) is 4.11. The molecule has 1 unspecified atom stereocenters. The summed E-state index contributed by atoms with van der Waals surface area (Å²) in [5.74, 6) is 0. The molecule has 0 saturated carbocycles. The summed E-state index contributed by atoms with van der Waals surface area (Å²) in [5.41, 5.74) is 7.07. The van der Waals surface area contributed by atoms with Crippen molar-refractivity contribution in [3.05, 3.63) is 18.0 Å². The van der Waals surface area contributed by atoms with Crippen molar-refractivity contribution in [3.8, 4) is 0 Å². The maximum absolute atomic E-state index is 6.12. The molecule has 1 aromatic heterocycles. The van der Waals surface area contributed by atoms with Gasteiger partial charge in [0.2, 0.25) is 0 Å². The van der Waals surface area contributed by atoms with Crippen LogP contribution in [0.2, 0.25) is 0 Å². The van der Waals surface area contributed by atoms with Gasteiger partial charge in [-0.05, 0) is 20.3 Å². The largest absolute Gasteiger partial charge is 0.351 e. The Bertz CT molecular complexity index is 308. The van der Waals surface area contributed by atoms with E-state index < -0.39 is 6.29 Å². The highest BCUT2D eigenvalue weighted by Gasteiger charge is 2.21. The number of hydrogen-bond donors (Lipinski definition) is 1. The minimum absolute atomic E-state index is 0.291. The Morgan fingerprint density at radius 2 is 1.94 bits per heavy atom. The lowest BCUT2D eigenvalue weighted by Crippen LogP contribution is -2.31. The Hall–Kier alpha value is -0.910. The lowest BCUT2D eigenvalue weighted by atomic mass is 10.1. The Kier molecular flexibility index (Phi) is 6.18. The topological polar surface area (TPSA) is 62.3 Å². The molecule has 0 bridgehead atoms. The molecule has 2 N–H and O–H groups in total. The van der Waals surface area contributed by atoms with E-state index in [4.69, 9.17) is 15.2 Å². The molecule has 1 heterocycles. The third-order valence-electron chi connectivity index (χ3n) is 2.45. The number of aromatic nitrogens is 2. The quantitative estimate of drug-likeness (QED) is 0.704. The summed E-state index contributed by atoms with van der Waals surface area (Å²) in [6.07, 6.45) is 4.39. The first-order valence-corrected chi connectivity index (χ1v) is 6.24. The molecule has 0 fully saturated rings. The van der Waals surface area contributed by atoms with Crippen LogP contribution in [0.3, 0.4) is 0 Å². The van der Waals surface area contributed by atoms with Gasteiger partial charge in [0.15, 0.2) is 6.29 Å². The van der Waals surface area contributed by atoms with E-state index >= 15 is 0 Å². The Morgan fingerprint density at radius 3 is 2.47 bits per heavy atom. The van der Waals surface area contributed by atoms with Crippen LogP contribution in [0.5, 0.6) is 0 Å². The fraction of sp³-hybridized carbons (Fsp3) is 0.750. The monoisotopic (exact) mass is 241 g/mol. The average molecular weight is 241 g/mol. The summed E-state index contributed by atoms with van der Waals surface area (Å²) in [4.78, 5) is 0. The zero-order chi connectivity index (χ0) is 12.7. The molecule has 0 aliphatic rings. The number of rotatable bonds is 8. The molecule has 1 aromatic rings. The maximum Gasteiger partial charge on any atom is 0.176 e. The lowest BCUT2D eigenvalue weighted by Gasteiger charge is -2.22. The number of nitrogens with zero attached hydrogens (tertiary/aromatic N) is 2.